The van der Waals surface area contributed by atoms with Crippen molar-refractivity contribution in [2.75, 3.05) is 19.8 Å². The van der Waals surface area contributed by atoms with E-state index in [-0.39, 0.29) is 18.4 Å². The summed E-state index contributed by atoms with van der Waals surface area (Å²) in [6.07, 6.45) is 1.07. The van der Waals surface area contributed by atoms with E-state index in [0.717, 1.165) is 0 Å². The zero-order valence-corrected chi connectivity index (χ0v) is 11.9. The van der Waals surface area contributed by atoms with Gasteiger partial charge in [0.1, 0.15) is 0 Å². The van der Waals surface area contributed by atoms with Gasteiger partial charge in [-0.05, 0) is 25.0 Å². The molecule has 1 aromatic heterocycles. The zero-order valence-electron chi connectivity index (χ0n) is 10.3. The average Bonchev–Trinajstić information content (AvgIpc) is 2.83. The van der Waals surface area contributed by atoms with Gasteiger partial charge in [-0.25, -0.2) is 0 Å². The van der Waals surface area contributed by atoms with Gasteiger partial charge in [-0.3, -0.25) is 9.59 Å². The number of hydrogen-bond donors (Lipinski definition) is 2. The lowest BCUT2D eigenvalue weighted by molar-refractivity contribution is -0.132. The molecule has 0 unspecified atom stereocenters. The Balaban J connectivity index is 1.99. The molecular formula is C12H15ClN2O3S. The van der Waals surface area contributed by atoms with Crippen LogP contribution in [0.3, 0.4) is 0 Å². The number of hydrogen-bond acceptors (Lipinski definition) is 4. The quantitative estimate of drug-likeness (QED) is 0.882. The lowest BCUT2D eigenvalue weighted by atomic mass is 9.79. The first-order chi connectivity index (χ1) is 9.03. The number of halogens is 1. The van der Waals surface area contributed by atoms with Crippen LogP contribution in [0.25, 0.3) is 0 Å². The summed E-state index contributed by atoms with van der Waals surface area (Å²) in [4.78, 5) is 24.1. The molecule has 3 N–H and O–H groups in total. The summed E-state index contributed by atoms with van der Waals surface area (Å²) in [5.74, 6) is -0.621. The van der Waals surface area contributed by atoms with Crippen molar-refractivity contribution in [2.24, 2.45) is 11.1 Å². The Morgan fingerprint density at radius 3 is 2.63 bits per heavy atom. The van der Waals surface area contributed by atoms with Crippen molar-refractivity contribution in [3.05, 3.63) is 21.3 Å². The van der Waals surface area contributed by atoms with Crippen LogP contribution >= 0.6 is 22.9 Å². The fourth-order valence-corrected chi connectivity index (χ4v) is 3.00. The molecule has 0 saturated carbocycles. The van der Waals surface area contributed by atoms with Gasteiger partial charge in [0.25, 0.3) is 5.91 Å². The van der Waals surface area contributed by atoms with Crippen LogP contribution in [-0.4, -0.2) is 31.6 Å². The second kappa shape index (κ2) is 5.90. The standard InChI is InChI=1S/C12H15ClN2O3S/c13-9-2-1-8(19-9)10(16)15-7-12(11(14)17)3-5-18-6-4-12/h1-2H,3-7H2,(H2,14,17)(H,15,16). The minimum Gasteiger partial charge on any atom is -0.381 e. The number of amides is 2. The van der Waals surface area contributed by atoms with Crippen molar-refractivity contribution in [1.82, 2.24) is 5.32 Å². The van der Waals surface area contributed by atoms with Crippen LogP contribution in [0.5, 0.6) is 0 Å². The molecule has 0 bridgehead atoms. The van der Waals surface area contributed by atoms with E-state index in [2.05, 4.69) is 5.32 Å². The molecule has 7 heteroatoms. The largest absolute Gasteiger partial charge is 0.381 e. The normalized spacial score (nSPS) is 17.9. The molecule has 0 aliphatic carbocycles. The Kier molecular flexibility index (Phi) is 4.44. The Bertz CT molecular complexity index is 483. The van der Waals surface area contributed by atoms with E-state index < -0.39 is 5.41 Å². The summed E-state index contributed by atoms with van der Waals surface area (Å²) >= 11 is 6.98. The first-order valence-corrected chi connectivity index (χ1v) is 7.14. The van der Waals surface area contributed by atoms with Gasteiger partial charge in [-0.15, -0.1) is 11.3 Å². The van der Waals surface area contributed by atoms with Gasteiger partial charge in [-0.1, -0.05) is 11.6 Å². The monoisotopic (exact) mass is 302 g/mol. The van der Waals surface area contributed by atoms with Gasteiger partial charge >= 0.3 is 0 Å². The molecule has 1 aromatic rings. The van der Waals surface area contributed by atoms with Crippen LogP contribution in [0, 0.1) is 5.41 Å². The fourth-order valence-electron chi connectivity index (χ4n) is 2.05. The lowest BCUT2D eigenvalue weighted by Crippen LogP contribution is -2.49. The average molecular weight is 303 g/mol. The Labute approximate surface area is 120 Å². The second-order valence-corrected chi connectivity index (χ2v) is 6.26. The first kappa shape index (κ1) is 14.3. The smallest absolute Gasteiger partial charge is 0.261 e. The second-order valence-electron chi connectivity index (χ2n) is 4.54. The summed E-state index contributed by atoms with van der Waals surface area (Å²) in [7, 11) is 0. The van der Waals surface area contributed by atoms with Gasteiger partial charge in [-0.2, -0.15) is 0 Å². The third-order valence-corrected chi connectivity index (χ3v) is 4.59. The molecule has 0 radical (unpaired) electrons. The van der Waals surface area contributed by atoms with Crippen LogP contribution in [-0.2, 0) is 9.53 Å². The molecular weight excluding hydrogens is 288 g/mol. The maximum atomic E-state index is 11.9. The van der Waals surface area contributed by atoms with E-state index in [1.165, 1.54) is 11.3 Å². The molecule has 5 nitrogen and oxygen atoms in total. The van der Waals surface area contributed by atoms with E-state index >= 15 is 0 Å². The zero-order chi connectivity index (χ0) is 13.9. The highest BCUT2D eigenvalue weighted by molar-refractivity contribution is 7.17. The van der Waals surface area contributed by atoms with E-state index in [4.69, 9.17) is 22.1 Å². The van der Waals surface area contributed by atoms with Gasteiger partial charge in [0.05, 0.1) is 14.6 Å². The number of nitrogens with two attached hydrogens (primary N) is 1. The molecule has 1 aliphatic heterocycles. The highest BCUT2D eigenvalue weighted by Gasteiger charge is 2.38. The Morgan fingerprint density at radius 2 is 2.11 bits per heavy atom. The molecule has 0 atom stereocenters. The number of carbonyl (C=O) groups excluding carboxylic acids is 2. The molecule has 1 saturated heterocycles. The number of thiophene rings is 1. The van der Waals surface area contributed by atoms with Crippen LogP contribution in [0.15, 0.2) is 12.1 Å². The molecule has 0 aromatic carbocycles. The number of nitrogens with one attached hydrogen (secondary N) is 1. The molecule has 1 aliphatic rings. The van der Waals surface area contributed by atoms with Gasteiger partial charge < -0.3 is 15.8 Å². The molecule has 2 rings (SSSR count). The predicted molar refractivity (Wildman–Crippen MR) is 73.3 cm³/mol. The van der Waals surface area contributed by atoms with Gasteiger partial charge in [0.2, 0.25) is 5.91 Å². The summed E-state index contributed by atoms with van der Waals surface area (Å²) < 4.78 is 5.79. The minimum absolute atomic E-state index is 0.232. The number of primary amides is 1. The van der Waals surface area contributed by atoms with Gasteiger partial charge in [0, 0.05) is 19.8 Å². The SMILES string of the molecule is NC(=O)C1(CNC(=O)c2ccc(Cl)s2)CCOCC1. The maximum Gasteiger partial charge on any atom is 0.261 e. The third kappa shape index (κ3) is 3.26. The highest BCUT2D eigenvalue weighted by atomic mass is 35.5. The van der Waals surface area contributed by atoms with E-state index in [1.54, 1.807) is 12.1 Å². The van der Waals surface area contributed by atoms with Crippen molar-refractivity contribution in [2.45, 2.75) is 12.8 Å². The van der Waals surface area contributed by atoms with Crippen molar-refractivity contribution < 1.29 is 14.3 Å². The Hall–Kier alpha value is -1.11. The lowest BCUT2D eigenvalue weighted by Gasteiger charge is -2.34. The molecule has 2 amide bonds. The van der Waals surface area contributed by atoms with E-state index in [9.17, 15) is 9.59 Å². The minimum atomic E-state index is -0.699. The summed E-state index contributed by atoms with van der Waals surface area (Å²) in [6.45, 7) is 1.22. The summed E-state index contributed by atoms with van der Waals surface area (Å²) in [5.41, 5.74) is 4.77. The van der Waals surface area contributed by atoms with Crippen LogP contribution in [0.4, 0.5) is 0 Å². The predicted octanol–water partition coefficient (Wildman–Crippen LogP) is 1.41. The van der Waals surface area contributed by atoms with Crippen molar-refractivity contribution in [3.63, 3.8) is 0 Å². The number of ether oxygens (including phenoxy) is 1. The van der Waals surface area contributed by atoms with Crippen LogP contribution in [0.1, 0.15) is 22.5 Å². The Morgan fingerprint density at radius 1 is 1.42 bits per heavy atom. The third-order valence-electron chi connectivity index (χ3n) is 3.36. The van der Waals surface area contributed by atoms with Gasteiger partial charge in [0.15, 0.2) is 0 Å². The molecule has 1 fully saturated rings. The molecule has 19 heavy (non-hydrogen) atoms. The number of rotatable bonds is 4. The topological polar surface area (TPSA) is 81.4 Å². The van der Waals surface area contributed by atoms with E-state index in [0.29, 0.717) is 35.3 Å². The van der Waals surface area contributed by atoms with Crippen molar-refractivity contribution in [3.8, 4) is 0 Å². The van der Waals surface area contributed by atoms with Crippen LogP contribution in [0.2, 0.25) is 4.34 Å². The molecule has 0 spiro atoms. The summed E-state index contributed by atoms with van der Waals surface area (Å²) in [6, 6.07) is 3.32. The van der Waals surface area contributed by atoms with Crippen molar-refractivity contribution >= 4 is 34.8 Å². The molecule has 2 heterocycles. The van der Waals surface area contributed by atoms with Crippen LogP contribution < -0.4 is 11.1 Å². The fraction of sp³-hybridized carbons (Fsp3) is 0.500. The highest BCUT2D eigenvalue weighted by Crippen LogP contribution is 2.29. The first-order valence-electron chi connectivity index (χ1n) is 5.95. The maximum absolute atomic E-state index is 11.9. The van der Waals surface area contributed by atoms with Crippen molar-refractivity contribution in [1.29, 1.82) is 0 Å². The molecule has 104 valence electrons. The number of carbonyl (C=O) groups is 2. The summed E-state index contributed by atoms with van der Waals surface area (Å²) in [5, 5.41) is 2.76. The van der Waals surface area contributed by atoms with E-state index in [1.807, 2.05) is 0 Å².